The van der Waals surface area contributed by atoms with Gasteiger partial charge in [0.2, 0.25) is 0 Å². The van der Waals surface area contributed by atoms with Crippen LogP contribution in [0.3, 0.4) is 0 Å². The summed E-state index contributed by atoms with van der Waals surface area (Å²) < 4.78 is 29.8. The average Bonchev–Trinajstić information content (AvgIpc) is 2.88. The van der Waals surface area contributed by atoms with E-state index in [1.807, 2.05) is 20.0 Å². The molecule has 0 atom stereocenters. The molecule has 0 spiro atoms. The lowest BCUT2D eigenvalue weighted by molar-refractivity contribution is 0.600. The molecule has 1 N–H and O–H groups in total. The molecule has 3 aromatic rings. The summed E-state index contributed by atoms with van der Waals surface area (Å²) in [4.78, 5) is 4.63. The summed E-state index contributed by atoms with van der Waals surface area (Å²) in [5.74, 6) is 0. The van der Waals surface area contributed by atoms with Gasteiger partial charge in [0.05, 0.1) is 22.5 Å². The number of anilines is 1. The summed E-state index contributed by atoms with van der Waals surface area (Å²) in [6.45, 7) is 1.88. The van der Waals surface area contributed by atoms with Crippen LogP contribution in [-0.4, -0.2) is 23.2 Å². The first kappa shape index (κ1) is 16.1. The van der Waals surface area contributed by atoms with E-state index in [1.165, 1.54) is 18.2 Å². The van der Waals surface area contributed by atoms with Crippen molar-refractivity contribution in [2.24, 2.45) is 7.05 Å². The molecule has 0 fully saturated rings. The number of hydrogen-bond acceptors (Lipinski definition) is 4. The third-order valence-electron chi connectivity index (χ3n) is 4.75. The summed E-state index contributed by atoms with van der Waals surface area (Å²) in [6.07, 6.45) is 5.79. The Morgan fingerprint density at radius 2 is 1.88 bits per heavy atom. The van der Waals surface area contributed by atoms with E-state index in [9.17, 15) is 8.42 Å². The number of fused-ring (bicyclic) bond motifs is 2. The maximum Gasteiger partial charge on any atom is 0.261 e. The van der Waals surface area contributed by atoms with Gasteiger partial charge in [0.1, 0.15) is 0 Å². The van der Waals surface area contributed by atoms with Gasteiger partial charge in [0.25, 0.3) is 10.0 Å². The van der Waals surface area contributed by atoms with Gasteiger partial charge in [-0.3, -0.25) is 9.40 Å². The first-order chi connectivity index (χ1) is 11.9. The van der Waals surface area contributed by atoms with Gasteiger partial charge in [-0.25, -0.2) is 13.4 Å². The SMILES string of the molecule is Cc1nn(C)c2ncc(NS(=O)(=O)c3ccc4c(c3)CCCC4)cc12. The molecule has 130 valence electrons. The van der Waals surface area contributed by atoms with E-state index >= 15 is 0 Å². The molecule has 2 aromatic heterocycles. The molecular formula is C18H20N4O2S. The first-order valence-electron chi connectivity index (χ1n) is 8.38. The number of hydrogen-bond donors (Lipinski definition) is 1. The molecule has 0 radical (unpaired) electrons. The zero-order valence-corrected chi connectivity index (χ0v) is 15.1. The quantitative estimate of drug-likeness (QED) is 0.783. The van der Waals surface area contributed by atoms with Crippen LogP contribution >= 0.6 is 0 Å². The first-order valence-corrected chi connectivity index (χ1v) is 9.86. The Morgan fingerprint density at radius 3 is 2.68 bits per heavy atom. The Balaban J connectivity index is 1.68. The van der Waals surface area contributed by atoms with E-state index in [2.05, 4.69) is 14.8 Å². The van der Waals surface area contributed by atoms with Crippen LogP contribution in [0.2, 0.25) is 0 Å². The highest BCUT2D eigenvalue weighted by atomic mass is 32.2. The van der Waals surface area contributed by atoms with Crippen molar-refractivity contribution in [3.8, 4) is 0 Å². The van der Waals surface area contributed by atoms with Crippen LogP contribution in [0.5, 0.6) is 0 Å². The number of aromatic nitrogens is 3. The lowest BCUT2D eigenvalue weighted by atomic mass is 9.92. The highest BCUT2D eigenvalue weighted by Crippen LogP contribution is 2.26. The van der Waals surface area contributed by atoms with Crippen molar-refractivity contribution in [2.75, 3.05) is 4.72 Å². The van der Waals surface area contributed by atoms with Crippen molar-refractivity contribution in [3.63, 3.8) is 0 Å². The topological polar surface area (TPSA) is 76.9 Å². The van der Waals surface area contributed by atoms with Crippen LogP contribution < -0.4 is 4.72 Å². The molecule has 1 aromatic carbocycles. The van der Waals surface area contributed by atoms with E-state index in [0.29, 0.717) is 10.6 Å². The highest BCUT2D eigenvalue weighted by molar-refractivity contribution is 7.92. The summed E-state index contributed by atoms with van der Waals surface area (Å²) in [5, 5.41) is 5.15. The van der Waals surface area contributed by atoms with Crippen LogP contribution in [0.25, 0.3) is 11.0 Å². The normalized spacial score (nSPS) is 14.5. The predicted molar refractivity (Wildman–Crippen MR) is 97.1 cm³/mol. The van der Waals surface area contributed by atoms with E-state index < -0.39 is 10.0 Å². The number of rotatable bonds is 3. The Morgan fingerprint density at radius 1 is 1.12 bits per heavy atom. The molecule has 1 aliphatic carbocycles. The third kappa shape index (κ3) is 2.89. The lowest BCUT2D eigenvalue weighted by Crippen LogP contribution is -2.14. The maximum atomic E-state index is 12.8. The highest BCUT2D eigenvalue weighted by Gasteiger charge is 2.18. The molecule has 6 nitrogen and oxygen atoms in total. The maximum absolute atomic E-state index is 12.8. The number of benzene rings is 1. The van der Waals surface area contributed by atoms with E-state index in [0.717, 1.165) is 41.6 Å². The molecule has 0 saturated heterocycles. The number of nitrogens with zero attached hydrogens (tertiary/aromatic N) is 3. The van der Waals surface area contributed by atoms with Crippen molar-refractivity contribution in [1.29, 1.82) is 0 Å². The van der Waals surface area contributed by atoms with Gasteiger partial charge in [-0.2, -0.15) is 5.10 Å². The number of nitrogens with one attached hydrogen (secondary N) is 1. The van der Waals surface area contributed by atoms with E-state index in [1.54, 1.807) is 22.9 Å². The van der Waals surface area contributed by atoms with Gasteiger partial charge in [-0.05, 0) is 61.9 Å². The second-order valence-corrected chi connectivity index (χ2v) is 8.23. The molecule has 7 heteroatoms. The van der Waals surface area contributed by atoms with Gasteiger partial charge < -0.3 is 0 Å². The molecule has 0 unspecified atom stereocenters. The summed E-state index contributed by atoms with van der Waals surface area (Å²) in [7, 11) is -1.82. The number of aryl methyl sites for hydroxylation is 4. The van der Waals surface area contributed by atoms with Gasteiger partial charge in [-0.1, -0.05) is 6.07 Å². The molecule has 2 heterocycles. The molecule has 0 bridgehead atoms. The minimum absolute atomic E-state index is 0.302. The van der Waals surface area contributed by atoms with Crippen molar-refractivity contribution < 1.29 is 8.42 Å². The van der Waals surface area contributed by atoms with Gasteiger partial charge >= 0.3 is 0 Å². The zero-order valence-electron chi connectivity index (χ0n) is 14.3. The fraction of sp³-hybridized carbons (Fsp3) is 0.333. The molecule has 4 rings (SSSR count). The second kappa shape index (κ2) is 5.84. The lowest BCUT2D eigenvalue weighted by Gasteiger charge is -2.17. The summed E-state index contributed by atoms with van der Waals surface area (Å²) in [6, 6.07) is 7.21. The number of pyridine rings is 1. The van der Waals surface area contributed by atoms with Crippen molar-refractivity contribution in [2.45, 2.75) is 37.5 Å². The Kier molecular flexibility index (Phi) is 3.76. The largest absolute Gasteiger partial charge is 0.278 e. The minimum atomic E-state index is -3.64. The van der Waals surface area contributed by atoms with E-state index in [-0.39, 0.29) is 0 Å². The van der Waals surface area contributed by atoms with Crippen molar-refractivity contribution >= 4 is 26.7 Å². The summed E-state index contributed by atoms with van der Waals surface area (Å²) in [5.41, 5.74) is 4.40. The predicted octanol–water partition coefficient (Wildman–Crippen LogP) is 2.96. The number of sulfonamides is 1. The van der Waals surface area contributed by atoms with Crippen LogP contribution in [0.1, 0.15) is 29.7 Å². The Labute approximate surface area is 146 Å². The van der Waals surface area contributed by atoms with E-state index in [4.69, 9.17) is 0 Å². The van der Waals surface area contributed by atoms with Crippen LogP contribution in [0.15, 0.2) is 35.4 Å². The van der Waals surface area contributed by atoms with Gasteiger partial charge in [0, 0.05) is 12.4 Å². The fourth-order valence-corrected chi connectivity index (χ4v) is 4.54. The smallest absolute Gasteiger partial charge is 0.261 e. The van der Waals surface area contributed by atoms with Crippen molar-refractivity contribution in [3.05, 3.63) is 47.3 Å². The Hall–Kier alpha value is -2.41. The molecular weight excluding hydrogens is 336 g/mol. The Bertz CT molecular complexity index is 1070. The monoisotopic (exact) mass is 356 g/mol. The molecule has 0 saturated carbocycles. The zero-order chi connectivity index (χ0) is 17.6. The average molecular weight is 356 g/mol. The van der Waals surface area contributed by atoms with Gasteiger partial charge in [0.15, 0.2) is 5.65 Å². The van der Waals surface area contributed by atoms with Crippen molar-refractivity contribution in [1.82, 2.24) is 14.8 Å². The van der Waals surface area contributed by atoms with Crippen LogP contribution in [-0.2, 0) is 29.9 Å². The second-order valence-electron chi connectivity index (χ2n) is 6.55. The summed E-state index contributed by atoms with van der Waals surface area (Å²) >= 11 is 0. The molecule has 0 amide bonds. The van der Waals surface area contributed by atoms with Gasteiger partial charge in [-0.15, -0.1) is 0 Å². The van der Waals surface area contributed by atoms with Crippen LogP contribution in [0.4, 0.5) is 5.69 Å². The third-order valence-corrected chi connectivity index (χ3v) is 6.12. The molecule has 25 heavy (non-hydrogen) atoms. The fourth-order valence-electron chi connectivity index (χ4n) is 3.45. The van der Waals surface area contributed by atoms with Crippen LogP contribution in [0, 0.1) is 6.92 Å². The standard InChI is InChI=1S/C18H20N4O2S/c1-12-17-10-15(11-19-18(17)22(2)20-12)21-25(23,24)16-8-7-13-5-3-4-6-14(13)9-16/h7-11,21H,3-6H2,1-2H3. The molecule has 0 aliphatic heterocycles. The minimum Gasteiger partial charge on any atom is -0.278 e. The molecule has 1 aliphatic rings.